The molecule has 102 valence electrons. The molecule has 0 N–H and O–H groups in total. The first kappa shape index (κ1) is 14.1. The van der Waals surface area contributed by atoms with E-state index < -0.39 is 0 Å². The molecule has 1 saturated heterocycles. The molecule has 1 aromatic carbocycles. The van der Waals surface area contributed by atoms with E-state index in [2.05, 4.69) is 56.0 Å². The molecule has 2 heteroatoms. The number of nitrogens with zero attached hydrogens (tertiary/aromatic N) is 2. The van der Waals surface area contributed by atoms with Gasteiger partial charge >= 0.3 is 0 Å². The number of benzene rings is 1. The fourth-order valence-corrected chi connectivity index (χ4v) is 3.09. The summed E-state index contributed by atoms with van der Waals surface area (Å²) in [7, 11) is 0. The molecule has 0 aliphatic carbocycles. The number of piperidine rings is 1. The molecule has 2 nitrogen and oxygen atoms in total. The highest BCUT2D eigenvalue weighted by Gasteiger charge is 2.35. The zero-order chi connectivity index (χ0) is 13.9. The van der Waals surface area contributed by atoms with Crippen LogP contribution in [0.4, 0.5) is 0 Å². The zero-order valence-corrected chi connectivity index (χ0v) is 12.3. The van der Waals surface area contributed by atoms with Gasteiger partial charge in [-0.05, 0) is 36.8 Å². The van der Waals surface area contributed by atoms with Crippen molar-refractivity contribution in [2.75, 3.05) is 13.1 Å². The van der Waals surface area contributed by atoms with Crippen molar-refractivity contribution < 1.29 is 0 Å². The first-order valence-corrected chi connectivity index (χ1v) is 7.16. The van der Waals surface area contributed by atoms with Gasteiger partial charge in [0.25, 0.3) is 0 Å². The second-order valence-corrected chi connectivity index (χ2v) is 6.53. The largest absolute Gasteiger partial charge is 0.299 e. The lowest BCUT2D eigenvalue weighted by atomic mass is 9.72. The summed E-state index contributed by atoms with van der Waals surface area (Å²) in [6, 6.07) is 11.2. The lowest BCUT2D eigenvalue weighted by Crippen LogP contribution is -2.45. The average molecular weight is 256 g/mol. The summed E-state index contributed by atoms with van der Waals surface area (Å²) in [4.78, 5) is 2.53. The molecule has 0 amide bonds. The maximum atomic E-state index is 8.91. The van der Waals surface area contributed by atoms with Crippen LogP contribution in [0.1, 0.15) is 37.8 Å². The van der Waals surface area contributed by atoms with Crippen LogP contribution in [-0.2, 0) is 6.54 Å². The zero-order valence-electron chi connectivity index (χ0n) is 12.3. The van der Waals surface area contributed by atoms with Gasteiger partial charge < -0.3 is 0 Å². The molecule has 0 radical (unpaired) electrons. The standard InChI is InChI=1S/C17H24N2/c1-14-4-6-15(7-5-14)12-19-11-9-16(8-10-18)17(2,3)13-19/h4-7,16H,8-9,11-13H2,1-3H3. The highest BCUT2D eigenvalue weighted by atomic mass is 15.1. The lowest BCUT2D eigenvalue weighted by Gasteiger charge is -2.43. The van der Waals surface area contributed by atoms with Crippen LogP contribution >= 0.6 is 0 Å². The third-order valence-electron chi connectivity index (χ3n) is 4.39. The van der Waals surface area contributed by atoms with Crippen LogP contribution in [-0.4, -0.2) is 18.0 Å². The SMILES string of the molecule is Cc1ccc(CN2CCC(CC#N)C(C)(C)C2)cc1. The van der Waals surface area contributed by atoms with Crippen LogP contribution in [0.25, 0.3) is 0 Å². The number of rotatable bonds is 3. The smallest absolute Gasteiger partial charge is 0.0624 e. The van der Waals surface area contributed by atoms with Gasteiger partial charge in [0.15, 0.2) is 0 Å². The van der Waals surface area contributed by atoms with Gasteiger partial charge in [0.1, 0.15) is 0 Å². The summed E-state index contributed by atoms with van der Waals surface area (Å²) in [6.45, 7) is 9.97. The van der Waals surface area contributed by atoms with E-state index in [0.29, 0.717) is 12.3 Å². The van der Waals surface area contributed by atoms with Crippen molar-refractivity contribution in [3.05, 3.63) is 35.4 Å². The van der Waals surface area contributed by atoms with E-state index in [1.54, 1.807) is 0 Å². The van der Waals surface area contributed by atoms with Crippen LogP contribution < -0.4 is 0 Å². The van der Waals surface area contributed by atoms with Crippen molar-refractivity contribution in [1.82, 2.24) is 4.90 Å². The Morgan fingerprint density at radius 2 is 2.00 bits per heavy atom. The number of nitriles is 1. The van der Waals surface area contributed by atoms with Crippen molar-refractivity contribution in [2.45, 2.75) is 40.2 Å². The predicted octanol–water partition coefficient (Wildman–Crippen LogP) is 3.76. The molecule has 1 aliphatic heterocycles. The number of hydrogen-bond acceptors (Lipinski definition) is 2. The van der Waals surface area contributed by atoms with Crippen molar-refractivity contribution in [1.29, 1.82) is 5.26 Å². The van der Waals surface area contributed by atoms with Gasteiger partial charge in [0.2, 0.25) is 0 Å². The minimum Gasteiger partial charge on any atom is -0.299 e. The van der Waals surface area contributed by atoms with Gasteiger partial charge in [-0.1, -0.05) is 43.7 Å². The van der Waals surface area contributed by atoms with E-state index in [1.807, 2.05) is 0 Å². The fraction of sp³-hybridized carbons (Fsp3) is 0.588. The Morgan fingerprint density at radius 3 is 2.58 bits per heavy atom. The monoisotopic (exact) mass is 256 g/mol. The summed E-state index contributed by atoms with van der Waals surface area (Å²) in [5, 5.41) is 8.91. The average Bonchev–Trinajstić information content (AvgIpc) is 2.35. The molecule has 1 aromatic rings. The molecule has 1 fully saturated rings. The minimum absolute atomic E-state index is 0.249. The van der Waals surface area contributed by atoms with Gasteiger partial charge in [-0.2, -0.15) is 5.26 Å². The minimum atomic E-state index is 0.249. The molecule has 0 saturated carbocycles. The molecule has 1 unspecified atom stereocenters. The number of likely N-dealkylation sites (tertiary alicyclic amines) is 1. The van der Waals surface area contributed by atoms with Gasteiger partial charge in [-0.25, -0.2) is 0 Å². The van der Waals surface area contributed by atoms with Crippen LogP contribution in [0, 0.1) is 29.6 Å². The Morgan fingerprint density at radius 1 is 1.32 bits per heavy atom. The maximum absolute atomic E-state index is 8.91. The molecular weight excluding hydrogens is 232 g/mol. The number of hydrogen-bond donors (Lipinski definition) is 0. The van der Waals surface area contributed by atoms with Crippen LogP contribution in [0.2, 0.25) is 0 Å². The molecular formula is C17H24N2. The second-order valence-electron chi connectivity index (χ2n) is 6.53. The van der Waals surface area contributed by atoms with Gasteiger partial charge in [-0.15, -0.1) is 0 Å². The Bertz CT molecular complexity index is 453. The molecule has 0 spiro atoms. The lowest BCUT2D eigenvalue weighted by molar-refractivity contribution is 0.0527. The van der Waals surface area contributed by atoms with Crippen LogP contribution in [0.3, 0.4) is 0 Å². The van der Waals surface area contributed by atoms with Gasteiger partial charge in [0, 0.05) is 19.5 Å². The molecule has 2 rings (SSSR count). The Hall–Kier alpha value is -1.33. The Balaban J connectivity index is 1.97. The first-order valence-electron chi connectivity index (χ1n) is 7.16. The van der Waals surface area contributed by atoms with E-state index >= 15 is 0 Å². The summed E-state index contributed by atoms with van der Waals surface area (Å²) in [5.74, 6) is 0.548. The normalized spacial score (nSPS) is 22.9. The molecule has 1 atom stereocenters. The number of aryl methyl sites for hydroxylation is 1. The topological polar surface area (TPSA) is 27.0 Å². The highest BCUT2D eigenvalue weighted by Crippen LogP contribution is 2.37. The van der Waals surface area contributed by atoms with E-state index in [4.69, 9.17) is 5.26 Å². The molecule has 19 heavy (non-hydrogen) atoms. The van der Waals surface area contributed by atoms with Gasteiger partial charge in [0.05, 0.1) is 6.07 Å². The van der Waals surface area contributed by atoms with E-state index in [9.17, 15) is 0 Å². The molecule has 0 aromatic heterocycles. The van der Waals surface area contributed by atoms with Crippen molar-refractivity contribution in [3.63, 3.8) is 0 Å². The summed E-state index contributed by atoms with van der Waals surface area (Å²) < 4.78 is 0. The first-order chi connectivity index (χ1) is 9.01. The van der Waals surface area contributed by atoms with Crippen LogP contribution in [0.5, 0.6) is 0 Å². The maximum Gasteiger partial charge on any atom is 0.0624 e. The molecule has 1 heterocycles. The van der Waals surface area contributed by atoms with Crippen molar-refractivity contribution in [3.8, 4) is 6.07 Å². The van der Waals surface area contributed by atoms with E-state index in [1.165, 1.54) is 11.1 Å². The van der Waals surface area contributed by atoms with Gasteiger partial charge in [-0.3, -0.25) is 4.90 Å². The third-order valence-corrected chi connectivity index (χ3v) is 4.39. The fourth-order valence-electron chi connectivity index (χ4n) is 3.09. The molecule has 1 aliphatic rings. The summed E-state index contributed by atoms with van der Waals surface area (Å²) in [5.41, 5.74) is 2.95. The Labute approximate surface area is 117 Å². The summed E-state index contributed by atoms with van der Waals surface area (Å²) in [6.07, 6.45) is 1.85. The predicted molar refractivity (Wildman–Crippen MR) is 78.6 cm³/mol. The van der Waals surface area contributed by atoms with Crippen molar-refractivity contribution in [2.24, 2.45) is 11.3 Å². The molecule has 0 bridgehead atoms. The quantitative estimate of drug-likeness (QED) is 0.823. The third kappa shape index (κ3) is 3.58. The van der Waals surface area contributed by atoms with E-state index in [-0.39, 0.29) is 5.41 Å². The Kier molecular flexibility index (Phi) is 4.27. The highest BCUT2D eigenvalue weighted by molar-refractivity contribution is 5.21. The van der Waals surface area contributed by atoms with Crippen LogP contribution in [0.15, 0.2) is 24.3 Å². The van der Waals surface area contributed by atoms with Crippen molar-refractivity contribution >= 4 is 0 Å². The summed E-state index contributed by atoms with van der Waals surface area (Å²) >= 11 is 0. The second kappa shape index (κ2) is 5.75. The van der Waals surface area contributed by atoms with E-state index in [0.717, 1.165) is 26.1 Å².